The van der Waals surface area contributed by atoms with Crippen LogP contribution in [-0.4, -0.2) is 28.4 Å². The van der Waals surface area contributed by atoms with E-state index in [1.165, 1.54) is 0 Å². The summed E-state index contributed by atoms with van der Waals surface area (Å²) in [4.78, 5) is 11.1. The summed E-state index contributed by atoms with van der Waals surface area (Å²) in [7, 11) is 0. The molecular weight excluding hydrogens is 293 g/mol. The van der Waals surface area contributed by atoms with Gasteiger partial charge in [-0.1, -0.05) is 11.6 Å². The molecular formula is C9H2ClF7O. The SMILES string of the molecule is O=C1C2=CC=C(F)C(F)(F)C2(F)C(F)(F)C1(F)Cl. The van der Waals surface area contributed by atoms with Crippen molar-refractivity contribution in [2.75, 3.05) is 0 Å². The van der Waals surface area contributed by atoms with E-state index in [1.54, 1.807) is 0 Å². The zero-order chi connectivity index (χ0) is 14.1. The Morgan fingerprint density at radius 1 is 1.00 bits per heavy atom. The van der Waals surface area contributed by atoms with Gasteiger partial charge in [-0.15, -0.1) is 0 Å². The third-order valence-electron chi connectivity index (χ3n) is 2.86. The van der Waals surface area contributed by atoms with Crippen LogP contribution in [0.5, 0.6) is 0 Å². The second kappa shape index (κ2) is 3.09. The highest BCUT2D eigenvalue weighted by Gasteiger charge is 2.88. The van der Waals surface area contributed by atoms with Crippen molar-refractivity contribution in [3.63, 3.8) is 0 Å². The maximum atomic E-state index is 13.9. The monoisotopic (exact) mass is 294 g/mol. The predicted molar refractivity (Wildman–Crippen MR) is 45.7 cm³/mol. The molecule has 0 radical (unpaired) electrons. The smallest absolute Gasteiger partial charge is 0.289 e. The summed E-state index contributed by atoms with van der Waals surface area (Å²) in [5, 5.41) is -4.69. The highest BCUT2D eigenvalue weighted by atomic mass is 35.5. The summed E-state index contributed by atoms with van der Waals surface area (Å²) in [6.45, 7) is 0. The first-order chi connectivity index (χ1) is 7.92. The summed E-state index contributed by atoms with van der Waals surface area (Å²) in [6, 6.07) is 0. The second-order valence-corrected chi connectivity index (χ2v) is 4.33. The van der Waals surface area contributed by atoms with Crippen molar-refractivity contribution in [3.05, 3.63) is 23.6 Å². The molecule has 0 aliphatic heterocycles. The van der Waals surface area contributed by atoms with Crippen molar-refractivity contribution in [2.45, 2.75) is 22.6 Å². The molecule has 0 aromatic rings. The molecule has 9 heteroatoms. The Kier molecular flexibility index (Phi) is 2.30. The quantitative estimate of drug-likeness (QED) is 0.495. The summed E-state index contributed by atoms with van der Waals surface area (Å²) in [5.41, 5.74) is -7.04. The lowest BCUT2D eigenvalue weighted by Crippen LogP contribution is -2.60. The van der Waals surface area contributed by atoms with Crippen LogP contribution in [0.1, 0.15) is 0 Å². The van der Waals surface area contributed by atoms with Crippen LogP contribution in [0.2, 0.25) is 0 Å². The summed E-state index contributed by atoms with van der Waals surface area (Å²) in [5.74, 6) is -15.9. The van der Waals surface area contributed by atoms with Gasteiger partial charge in [-0.3, -0.25) is 4.79 Å². The Hall–Kier alpha value is -1.05. The van der Waals surface area contributed by atoms with Crippen LogP contribution >= 0.6 is 11.6 Å². The number of fused-ring (bicyclic) bond motifs is 1. The van der Waals surface area contributed by atoms with Crippen LogP contribution in [0.3, 0.4) is 0 Å². The topological polar surface area (TPSA) is 17.1 Å². The lowest BCUT2D eigenvalue weighted by molar-refractivity contribution is -0.230. The van der Waals surface area contributed by atoms with E-state index >= 15 is 0 Å². The number of halogens is 8. The van der Waals surface area contributed by atoms with Gasteiger partial charge < -0.3 is 0 Å². The Balaban J connectivity index is 2.81. The molecule has 0 saturated heterocycles. The van der Waals surface area contributed by atoms with E-state index in [2.05, 4.69) is 11.6 Å². The zero-order valence-electron chi connectivity index (χ0n) is 8.09. The Labute approximate surface area is 99.9 Å². The van der Waals surface area contributed by atoms with E-state index in [1.807, 2.05) is 0 Å². The predicted octanol–water partition coefficient (Wildman–Crippen LogP) is 3.25. The molecule has 0 spiro atoms. The van der Waals surface area contributed by atoms with Gasteiger partial charge >= 0.3 is 17.0 Å². The number of hydrogen-bond donors (Lipinski definition) is 0. The molecule has 1 fully saturated rings. The van der Waals surface area contributed by atoms with E-state index < -0.39 is 39.8 Å². The van der Waals surface area contributed by atoms with E-state index in [9.17, 15) is 35.5 Å². The Morgan fingerprint density at radius 2 is 1.50 bits per heavy atom. The van der Waals surface area contributed by atoms with Crippen molar-refractivity contribution in [1.29, 1.82) is 0 Å². The van der Waals surface area contributed by atoms with Gasteiger partial charge in [0.15, 0.2) is 5.83 Å². The molecule has 2 aliphatic rings. The molecule has 2 rings (SSSR count). The molecule has 2 aliphatic carbocycles. The number of alkyl halides is 7. The molecule has 18 heavy (non-hydrogen) atoms. The summed E-state index contributed by atoms with van der Waals surface area (Å²) >= 11 is 4.52. The lowest BCUT2D eigenvalue weighted by Gasteiger charge is -2.36. The molecule has 1 nitrogen and oxygen atoms in total. The van der Waals surface area contributed by atoms with Gasteiger partial charge in [0.1, 0.15) is 0 Å². The van der Waals surface area contributed by atoms with Crippen LogP contribution in [0.4, 0.5) is 30.7 Å². The van der Waals surface area contributed by atoms with Gasteiger partial charge in [-0.05, 0) is 12.2 Å². The number of carbonyl (C=O) groups excluding carboxylic acids is 1. The molecule has 0 amide bonds. The molecule has 0 aromatic heterocycles. The fourth-order valence-corrected chi connectivity index (χ4v) is 2.07. The Morgan fingerprint density at radius 3 is 2.00 bits per heavy atom. The third-order valence-corrected chi connectivity index (χ3v) is 3.27. The molecule has 0 bridgehead atoms. The van der Waals surface area contributed by atoms with Crippen molar-refractivity contribution < 1.29 is 35.5 Å². The van der Waals surface area contributed by atoms with Crippen molar-refractivity contribution in [1.82, 2.24) is 0 Å². The minimum absolute atomic E-state index is 0.0344. The fourth-order valence-electron chi connectivity index (χ4n) is 1.84. The average Bonchev–Trinajstić information content (AvgIpc) is 2.34. The van der Waals surface area contributed by atoms with E-state index in [0.29, 0.717) is 0 Å². The first kappa shape index (κ1) is 13.4. The van der Waals surface area contributed by atoms with Crippen molar-refractivity contribution >= 4 is 17.4 Å². The molecule has 2 unspecified atom stereocenters. The largest absolute Gasteiger partial charge is 0.346 e. The molecule has 1 saturated carbocycles. The van der Waals surface area contributed by atoms with Gasteiger partial charge in [-0.2, -0.15) is 17.6 Å². The number of ketones is 1. The molecule has 2 atom stereocenters. The highest BCUT2D eigenvalue weighted by Crippen LogP contribution is 2.65. The minimum Gasteiger partial charge on any atom is -0.289 e. The van der Waals surface area contributed by atoms with Crippen LogP contribution in [0.15, 0.2) is 23.6 Å². The molecule has 0 N–H and O–H groups in total. The Bertz CT molecular complexity index is 507. The van der Waals surface area contributed by atoms with E-state index in [0.717, 1.165) is 0 Å². The van der Waals surface area contributed by atoms with E-state index in [-0.39, 0.29) is 12.2 Å². The normalized spacial score (nSPS) is 41.2. The van der Waals surface area contributed by atoms with Gasteiger partial charge in [0, 0.05) is 0 Å². The number of allylic oxidation sites excluding steroid dienone is 4. The average molecular weight is 295 g/mol. The minimum atomic E-state index is -5.61. The second-order valence-electron chi connectivity index (χ2n) is 3.81. The fraction of sp³-hybridized carbons (Fsp3) is 0.444. The highest BCUT2D eigenvalue weighted by molar-refractivity contribution is 6.39. The zero-order valence-corrected chi connectivity index (χ0v) is 8.84. The van der Waals surface area contributed by atoms with Gasteiger partial charge in [0.2, 0.25) is 5.78 Å². The van der Waals surface area contributed by atoms with Crippen LogP contribution in [0, 0.1) is 0 Å². The molecule has 0 heterocycles. The maximum absolute atomic E-state index is 13.9. The van der Waals surface area contributed by atoms with Crippen molar-refractivity contribution in [3.8, 4) is 0 Å². The van der Waals surface area contributed by atoms with Gasteiger partial charge in [-0.25, -0.2) is 13.2 Å². The first-order valence-electron chi connectivity index (χ1n) is 4.38. The number of rotatable bonds is 0. The van der Waals surface area contributed by atoms with Gasteiger partial charge in [0.25, 0.3) is 5.67 Å². The number of carbonyl (C=O) groups is 1. The maximum Gasteiger partial charge on any atom is 0.346 e. The van der Waals surface area contributed by atoms with Crippen LogP contribution < -0.4 is 0 Å². The first-order valence-corrected chi connectivity index (χ1v) is 4.75. The molecule has 100 valence electrons. The van der Waals surface area contributed by atoms with Gasteiger partial charge in [0.05, 0.1) is 5.57 Å². The van der Waals surface area contributed by atoms with E-state index in [4.69, 9.17) is 0 Å². The summed E-state index contributed by atoms with van der Waals surface area (Å²) < 4.78 is 93.2. The van der Waals surface area contributed by atoms with Crippen molar-refractivity contribution in [2.24, 2.45) is 0 Å². The number of Topliss-reactive ketones (excluding diaryl/α,β-unsaturated/α-hetero) is 1. The lowest BCUT2D eigenvalue weighted by atomic mass is 9.84. The van der Waals surface area contributed by atoms with Crippen LogP contribution in [0.25, 0.3) is 0 Å². The standard InChI is InChI=1S/C9H2ClF7O/c10-7(13)5(18)3-1-2-4(11)8(14,15)6(3,12)9(7,16)17/h1-2H. The third kappa shape index (κ3) is 1.04. The molecule has 0 aromatic carbocycles. The summed E-state index contributed by atoms with van der Waals surface area (Å²) in [6.07, 6.45) is -0.0495. The number of hydrogen-bond acceptors (Lipinski definition) is 1. The van der Waals surface area contributed by atoms with Crippen LogP contribution in [-0.2, 0) is 4.79 Å².